The predicted molar refractivity (Wildman–Crippen MR) is 75.2 cm³/mol. The van der Waals surface area contributed by atoms with Crippen molar-refractivity contribution in [3.05, 3.63) is 35.4 Å². The lowest BCUT2D eigenvalue weighted by molar-refractivity contribution is 0.350. The van der Waals surface area contributed by atoms with Gasteiger partial charge in [-0.3, -0.25) is 0 Å². The summed E-state index contributed by atoms with van der Waals surface area (Å²) < 4.78 is 4.95. The molecule has 0 amide bonds. The molecule has 21 heavy (non-hydrogen) atoms. The van der Waals surface area contributed by atoms with E-state index in [4.69, 9.17) is 4.74 Å². The van der Waals surface area contributed by atoms with Gasteiger partial charge in [-0.1, -0.05) is 0 Å². The van der Waals surface area contributed by atoms with E-state index in [-0.39, 0.29) is 17.2 Å². The zero-order valence-electron chi connectivity index (χ0n) is 11.4. The molecular weight excluding hydrogens is 276 g/mol. The highest BCUT2D eigenvalue weighted by Gasteiger charge is 2.11. The Labute approximate surface area is 121 Å². The van der Waals surface area contributed by atoms with Gasteiger partial charge in [0.2, 0.25) is 5.75 Å². The Bertz CT molecular complexity index is 642. The monoisotopic (exact) mass is 292 g/mol. The molecule has 0 saturated heterocycles. The van der Waals surface area contributed by atoms with E-state index in [2.05, 4.69) is 0 Å². The number of hydrogen-bond donors (Lipinski definition) is 5. The average Bonchev–Trinajstić information content (AvgIpc) is 2.45. The van der Waals surface area contributed by atoms with Gasteiger partial charge in [-0.2, -0.15) is 0 Å². The van der Waals surface area contributed by atoms with Crippen LogP contribution in [-0.4, -0.2) is 32.6 Å². The van der Waals surface area contributed by atoms with Crippen LogP contribution >= 0.6 is 0 Å². The third kappa shape index (κ3) is 3.05. The van der Waals surface area contributed by atoms with Crippen molar-refractivity contribution in [1.82, 2.24) is 0 Å². The largest absolute Gasteiger partial charge is 0.504 e. The fraction of sp³-hybridized carbons (Fsp3) is 0.200. The summed E-state index contributed by atoms with van der Waals surface area (Å²) in [6.45, 7) is 0. The van der Waals surface area contributed by atoms with Crippen molar-refractivity contribution in [2.45, 2.75) is 12.8 Å². The third-order valence-corrected chi connectivity index (χ3v) is 3.17. The van der Waals surface area contributed by atoms with E-state index in [1.165, 1.54) is 25.3 Å². The van der Waals surface area contributed by atoms with Gasteiger partial charge >= 0.3 is 0 Å². The van der Waals surface area contributed by atoms with Crippen LogP contribution in [0.3, 0.4) is 0 Å². The highest BCUT2D eigenvalue weighted by atomic mass is 16.5. The maximum Gasteiger partial charge on any atom is 0.200 e. The van der Waals surface area contributed by atoms with Crippen LogP contribution in [-0.2, 0) is 12.8 Å². The van der Waals surface area contributed by atoms with Gasteiger partial charge in [0, 0.05) is 0 Å². The van der Waals surface area contributed by atoms with Gasteiger partial charge < -0.3 is 30.3 Å². The molecule has 0 unspecified atom stereocenters. The predicted octanol–water partition coefficient (Wildman–Crippen LogP) is 2.01. The minimum absolute atomic E-state index is 0.168. The first-order valence-corrected chi connectivity index (χ1v) is 6.25. The molecule has 112 valence electrons. The zero-order valence-corrected chi connectivity index (χ0v) is 11.4. The topological polar surface area (TPSA) is 110 Å². The summed E-state index contributed by atoms with van der Waals surface area (Å²) in [6.07, 6.45) is 0.933. The molecule has 0 heterocycles. The van der Waals surface area contributed by atoms with E-state index < -0.39 is 17.2 Å². The quantitative estimate of drug-likeness (QED) is 0.551. The summed E-state index contributed by atoms with van der Waals surface area (Å²) in [6, 6.07) is 5.71. The van der Waals surface area contributed by atoms with Crippen LogP contribution in [0.5, 0.6) is 34.5 Å². The van der Waals surface area contributed by atoms with Gasteiger partial charge in [-0.15, -0.1) is 0 Å². The molecule has 5 N–H and O–H groups in total. The van der Waals surface area contributed by atoms with E-state index in [0.29, 0.717) is 24.0 Å². The fourth-order valence-electron chi connectivity index (χ4n) is 2.04. The first-order valence-electron chi connectivity index (χ1n) is 6.25. The maximum atomic E-state index is 9.59. The smallest absolute Gasteiger partial charge is 0.200 e. The molecular formula is C15H16O6. The molecule has 0 aliphatic rings. The molecule has 6 nitrogen and oxygen atoms in total. The Balaban J connectivity index is 2.19. The van der Waals surface area contributed by atoms with Gasteiger partial charge in [0.05, 0.1) is 7.11 Å². The Morgan fingerprint density at radius 1 is 0.714 bits per heavy atom. The average molecular weight is 292 g/mol. The number of hydrogen-bond acceptors (Lipinski definition) is 6. The van der Waals surface area contributed by atoms with Crippen LogP contribution in [0.4, 0.5) is 0 Å². The SMILES string of the molecule is COc1cc(CCc2cc(O)c(O)c(O)c2)cc(O)c1O. The molecule has 2 aromatic rings. The second kappa shape index (κ2) is 5.70. The number of aryl methyl sites for hydroxylation is 2. The lowest BCUT2D eigenvalue weighted by Crippen LogP contribution is -1.93. The second-order valence-corrected chi connectivity index (χ2v) is 4.65. The molecule has 0 bridgehead atoms. The van der Waals surface area contributed by atoms with Crippen LogP contribution in [0.1, 0.15) is 11.1 Å². The number of methoxy groups -OCH3 is 1. The summed E-state index contributed by atoms with van der Waals surface area (Å²) in [4.78, 5) is 0. The summed E-state index contributed by atoms with van der Waals surface area (Å²) in [5.74, 6) is -1.77. The molecule has 0 fully saturated rings. The molecule has 0 saturated carbocycles. The normalized spacial score (nSPS) is 10.5. The van der Waals surface area contributed by atoms with E-state index in [1.54, 1.807) is 6.07 Å². The minimum Gasteiger partial charge on any atom is -0.504 e. The van der Waals surface area contributed by atoms with Gasteiger partial charge in [0.25, 0.3) is 0 Å². The first kappa shape index (κ1) is 14.6. The van der Waals surface area contributed by atoms with E-state index >= 15 is 0 Å². The standard InChI is InChI=1S/C15H16O6/c1-21-13-7-9(6-12(18)15(13)20)3-2-8-4-10(16)14(19)11(17)5-8/h4-7,16-20H,2-3H2,1H3. The van der Waals surface area contributed by atoms with Crippen molar-refractivity contribution >= 4 is 0 Å². The van der Waals surface area contributed by atoms with Gasteiger partial charge in [-0.25, -0.2) is 0 Å². The molecule has 2 rings (SSSR count). The molecule has 2 aromatic carbocycles. The Kier molecular flexibility index (Phi) is 3.98. The number of phenols is 5. The molecule has 0 radical (unpaired) electrons. The van der Waals surface area contributed by atoms with Crippen molar-refractivity contribution in [2.24, 2.45) is 0 Å². The molecule has 0 atom stereocenters. The summed E-state index contributed by atoms with van der Waals surface area (Å²) in [7, 11) is 1.38. The Hall–Kier alpha value is -2.76. The number of benzene rings is 2. The Morgan fingerprint density at radius 3 is 1.62 bits per heavy atom. The van der Waals surface area contributed by atoms with Crippen molar-refractivity contribution in [2.75, 3.05) is 7.11 Å². The minimum atomic E-state index is -0.553. The van der Waals surface area contributed by atoms with Crippen LogP contribution in [0.25, 0.3) is 0 Å². The number of rotatable bonds is 4. The Morgan fingerprint density at radius 2 is 1.14 bits per heavy atom. The number of ether oxygens (including phenoxy) is 1. The lowest BCUT2D eigenvalue weighted by Gasteiger charge is -2.09. The maximum absolute atomic E-state index is 9.59. The molecule has 0 aliphatic carbocycles. The van der Waals surface area contributed by atoms with Crippen molar-refractivity contribution in [3.63, 3.8) is 0 Å². The zero-order chi connectivity index (χ0) is 15.6. The van der Waals surface area contributed by atoms with Crippen LogP contribution in [0.15, 0.2) is 24.3 Å². The van der Waals surface area contributed by atoms with E-state index in [1.807, 2.05) is 0 Å². The van der Waals surface area contributed by atoms with Crippen molar-refractivity contribution < 1.29 is 30.3 Å². The fourth-order valence-corrected chi connectivity index (χ4v) is 2.04. The summed E-state index contributed by atoms with van der Waals surface area (Å²) >= 11 is 0. The van der Waals surface area contributed by atoms with Crippen molar-refractivity contribution in [3.8, 4) is 34.5 Å². The molecule has 0 spiro atoms. The highest BCUT2D eigenvalue weighted by Crippen LogP contribution is 2.38. The lowest BCUT2D eigenvalue weighted by atomic mass is 10.0. The summed E-state index contributed by atoms with van der Waals surface area (Å²) in [5, 5.41) is 47.3. The van der Waals surface area contributed by atoms with E-state index in [0.717, 1.165) is 0 Å². The van der Waals surface area contributed by atoms with Gasteiger partial charge in [-0.05, 0) is 48.2 Å². The van der Waals surface area contributed by atoms with Crippen molar-refractivity contribution in [1.29, 1.82) is 0 Å². The van der Waals surface area contributed by atoms with Crippen LogP contribution in [0.2, 0.25) is 0 Å². The van der Waals surface area contributed by atoms with E-state index in [9.17, 15) is 25.5 Å². The number of phenolic OH excluding ortho intramolecular Hbond substituents is 5. The molecule has 0 aromatic heterocycles. The third-order valence-electron chi connectivity index (χ3n) is 3.17. The first-order chi connectivity index (χ1) is 9.92. The van der Waals surface area contributed by atoms with Crippen LogP contribution in [0, 0.1) is 0 Å². The molecule has 0 aliphatic heterocycles. The highest BCUT2D eigenvalue weighted by molar-refractivity contribution is 5.53. The van der Waals surface area contributed by atoms with Crippen LogP contribution < -0.4 is 4.74 Å². The van der Waals surface area contributed by atoms with Gasteiger partial charge in [0.15, 0.2) is 28.7 Å². The summed E-state index contributed by atoms with van der Waals surface area (Å²) in [5.41, 5.74) is 1.34. The molecule has 6 heteroatoms. The second-order valence-electron chi connectivity index (χ2n) is 4.65. The number of aromatic hydroxyl groups is 5. The van der Waals surface area contributed by atoms with Gasteiger partial charge in [0.1, 0.15) is 0 Å².